The Labute approximate surface area is 190 Å². The SMILES string of the molecule is CC(C)Oc1ccc(C(O)=C2C(=O)C(=O)N(c3ccccn3)C2c2ccc(Cl)cc2)cc1. The van der Waals surface area contributed by atoms with Gasteiger partial charge in [-0.05, 0) is 67.9 Å². The number of halogens is 1. The fourth-order valence-corrected chi connectivity index (χ4v) is 3.77. The van der Waals surface area contributed by atoms with Gasteiger partial charge in [0, 0.05) is 16.8 Å². The van der Waals surface area contributed by atoms with Crippen LogP contribution in [0.1, 0.15) is 31.0 Å². The van der Waals surface area contributed by atoms with Gasteiger partial charge in [0.05, 0.1) is 17.7 Å². The molecule has 1 aliphatic heterocycles. The maximum Gasteiger partial charge on any atom is 0.301 e. The van der Waals surface area contributed by atoms with Crippen LogP contribution in [0.3, 0.4) is 0 Å². The molecule has 1 aliphatic rings. The zero-order valence-electron chi connectivity index (χ0n) is 17.5. The Balaban J connectivity index is 1.85. The largest absolute Gasteiger partial charge is 0.507 e. The molecular weight excluding hydrogens is 428 g/mol. The van der Waals surface area contributed by atoms with Crippen molar-refractivity contribution in [3.05, 3.63) is 94.6 Å². The highest BCUT2D eigenvalue weighted by molar-refractivity contribution is 6.51. The summed E-state index contributed by atoms with van der Waals surface area (Å²) < 4.78 is 5.64. The lowest BCUT2D eigenvalue weighted by atomic mass is 9.95. The number of benzene rings is 2. The number of ether oxygens (including phenoxy) is 1. The molecule has 0 radical (unpaired) electrons. The number of carbonyl (C=O) groups is 2. The monoisotopic (exact) mass is 448 g/mol. The van der Waals surface area contributed by atoms with Gasteiger partial charge in [-0.15, -0.1) is 0 Å². The van der Waals surface area contributed by atoms with Gasteiger partial charge in [0.15, 0.2) is 0 Å². The molecule has 1 unspecified atom stereocenters. The molecule has 1 saturated heterocycles. The molecule has 4 rings (SSSR count). The van der Waals surface area contributed by atoms with E-state index in [9.17, 15) is 14.7 Å². The van der Waals surface area contributed by atoms with Gasteiger partial charge in [0.1, 0.15) is 17.3 Å². The average Bonchev–Trinajstić information content (AvgIpc) is 3.05. The molecule has 162 valence electrons. The molecule has 1 amide bonds. The molecule has 6 nitrogen and oxygen atoms in total. The van der Waals surface area contributed by atoms with Crippen LogP contribution in [-0.4, -0.2) is 27.9 Å². The van der Waals surface area contributed by atoms with E-state index in [0.717, 1.165) is 0 Å². The topological polar surface area (TPSA) is 79.7 Å². The molecule has 3 aromatic rings. The standard InChI is InChI=1S/C25H21ClN2O4/c1-15(2)32-19-12-8-17(9-13-19)23(29)21-22(16-6-10-18(26)11-7-16)28(25(31)24(21)30)20-5-3-4-14-27-20/h3-15,22,29H,1-2H3. The molecular formula is C25H21ClN2O4. The Bertz CT molecular complexity index is 1170. The van der Waals surface area contributed by atoms with Gasteiger partial charge < -0.3 is 9.84 Å². The number of Topliss-reactive ketones (excluding diaryl/α,β-unsaturated/α-hetero) is 1. The first kappa shape index (κ1) is 21.6. The molecule has 0 bridgehead atoms. The molecule has 1 atom stereocenters. The molecule has 1 N–H and O–H groups in total. The van der Waals surface area contributed by atoms with Crippen molar-refractivity contribution in [3.63, 3.8) is 0 Å². The number of rotatable bonds is 5. The Morgan fingerprint density at radius 3 is 2.31 bits per heavy atom. The second kappa shape index (κ2) is 8.85. The zero-order chi connectivity index (χ0) is 22.8. The number of carbonyl (C=O) groups excluding carboxylic acids is 2. The van der Waals surface area contributed by atoms with Crippen molar-refractivity contribution < 1.29 is 19.4 Å². The number of hydrogen-bond donors (Lipinski definition) is 1. The van der Waals surface area contributed by atoms with E-state index in [2.05, 4.69) is 4.98 Å². The fourth-order valence-electron chi connectivity index (χ4n) is 3.64. The number of aromatic nitrogens is 1. The van der Waals surface area contributed by atoms with E-state index in [0.29, 0.717) is 27.7 Å². The van der Waals surface area contributed by atoms with Crippen LogP contribution in [0.15, 0.2) is 78.5 Å². The van der Waals surface area contributed by atoms with Crippen molar-refractivity contribution in [2.24, 2.45) is 0 Å². The second-order valence-corrected chi connectivity index (χ2v) is 8.04. The smallest absolute Gasteiger partial charge is 0.301 e. The van der Waals surface area contributed by atoms with Crippen LogP contribution in [0.2, 0.25) is 5.02 Å². The molecule has 2 aromatic carbocycles. The fraction of sp³-hybridized carbons (Fsp3) is 0.160. The third-order valence-electron chi connectivity index (χ3n) is 5.03. The Kier molecular flexibility index (Phi) is 5.97. The van der Waals surface area contributed by atoms with Gasteiger partial charge in [0.25, 0.3) is 5.78 Å². The summed E-state index contributed by atoms with van der Waals surface area (Å²) in [7, 11) is 0. The lowest BCUT2D eigenvalue weighted by Gasteiger charge is -2.24. The summed E-state index contributed by atoms with van der Waals surface area (Å²) in [5.74, 6) is -0.854. The van der Waals surface area contributed by atoms with E-state index in [4.69, 9.17) is 16.3 Å². The van der Waals surface area contributed by atoms with Gasteiger partial charge in [0.2, 0.25) is 0 Å². The minimum Gasteiger partial charge on any atom is -0.507 e. The number of anilines is 1. The maximum absolute atomic E-state index is 13.1. The van der Waals surface area contributed by atoms with Crippen LogP contribution < -0.4 is 9.64 Å². The van der Waals surface area contributed by atoms with Crippen LogP contribution in [0, 0.1) is 0 Å². The van der Waals surface area contributed by atoms with Gasteiger partial charge in [-0.25, -0.2) is 4.98 Å². The number of ketones is 1. The first-order valence-electron chi connectivity index (χ1n) is 10.1. The predicted molar refractivity (Wildman–Crippen MR) is 123 cm³/mol. The molecule has 0 spiro atoms. The minimum absolute atomic E-state index is 0.00282. The molecule has 32 heavy (non-hydrogen) atoms. The normalized spacial score (nSPS) is 17.8. The van der Waals surface area contributed by atoms with Crippen LogP contribution >= 0.6 is 11.6 Å². The van der Waals surface area contributed by atoms with Crippen molar-refractivity contribution in [1.82, 2.24) is 4.98 Å². The number of hydrogen-bond acceptors (Lipinski definition) is 5. The molecule has 7 heteroatoms. The van der Waals surface area contributed by atoms with Crippen molar-refractivity contribution in [1.29, 1.82) is 0 Å². The first-order chi connectivity index (χ1) is 15.4. The molecule has 1 aromatic heterocycles. The van der Waals surface area contributed by atoms with E-state index in [1.165, 1.54) is 4.90 Å². The van der Waals surface area contributed by atoms with Crippen LogP contribution in [0.5, 0.6) is 5.75 Å². The number of amides is 1. The number of aliphatic hydroxyl groups is 1. The third kappa shape index (κ3) is 4.09. The van der Waals surface area contributed by atoms with E-state index >= 15 is 0 Å². The summed E-state index contributed by atoms with van der Waals surface area (Å²) in [6.45, 7) is 3.83. The van der Waals surface area contributed by atoms with Crippen LogP contribution in [-0.2, 0) is 9.59 Å². The summed E-state index contributed by atoms with van der Waals surface area (Å²) in [5.41, 5.74) is 1.01. The van der Waals surface area contributed by atoms with E-state index in [1.54, 1.807) is 72.9 Å². The quantitative estimate of drug-likeness (QED) is 0.332. The third-order valence-corrected chi connectivity index (χ3v) is 5.28. The lowest BCUT2D eigenvalue weighted by molar-refractivity contribution is -0.132. The summed E-state index contributed by atoms with van der Waals surface area (Å²) in [4.78, 5) is 31.7. The van der Waals surface area contributed by atoms with E-state index in [-0.39, 0.29) is 17.4 Å². The number of nitrogens with zero attached hydrogens (tertiary/aromatic N) is 2. The molecule has 0 aliphatic carbocycles. The molecule has 2 heterocycles. The number of pyridine rings is 1. The summed E-state index contributed by atoms with van der Waals surface area (Å²) >= 11 is 6.04. The van der Waals surface area contributed by atoms with Gasteiger partial charge >= 0.3 is 5.91 Å². The summed E-state index contributed by atoms with van der Waals surface area (Å²) in [5, 5.41) is 11.6. The molecule has 0 saturated carbocycles. The predicted octanol–water partition coefficient (Wildman–Crippen LogP) is 5.15. The highest BCUT2D eigenvalue weighted by atomic mass is 35.5. The number of aliphatic hydroxyl groups excluding tert-OH is 1. The summed E-state index contributed by atoms with van der Waals surface area (Å²) in [6, 6.07) is 17.8. The zero-order valence-corrected chi connectivity index (χ0v) is 18.3. The van der Waals surface area contributed by atoms with Crippen molar-refractivity contribution in [2.45, 2.75) is 26.0 Å². The maximum atomic E-state index is 13.1. The summed E-state index contributed by atoms with van der Waals surface area (Å²) in [6.07, 6.45) is 1.55. The van der Waals surface area contributed by atoms with Gasteiger partial charge in [-0.2, -0.15) is 0 Å². The Morgan fingerprint density at radius 2 is 1.72 bits per heavy atom. The van der Waals surface area contributed by atoms with Gasteiger partial charge in [-0.1, -0.05) is 29.8 Å². The second-order valence-electron chi connectivity index (χ2n) is 7.60. The molecule has 1 fully saturated rings. The first-order valence-corrected chi connectivity index (χ1v) is 10.5. The Hall–Kier alpha value is -3.64. The van der Waals surface area contributed by atoms with Crippen molar-refractivity contribution >= 4 is 34.9 Å². The van der Waals surface area contributed by atoms with E-state index in [1.807, 2.05) is 13.8 Å². The van der Waals surface area contributed by atoms with Crippen molar-refractivity contribution in [3.8, 4) is 5.75 Å². The van der Waals surface area contributed by atoms with Crippen molar-refractivity contribution in [2.75, 3.05) is 4.90 Å². The van der Waals surface area contributed by atoms with Crippen LogP contribution in [0.25, 0.3) is 5.76 Å². The average molecular weight is 449 g/mol. The lowest BCUT2D eigenvalue weighted by Crippen LogP contribution is -2.30. The van der Waals surface area contributed by atoms with E-state index < -0.39 is 17.7 Å². The van der Waals surface area contributed by atoms with Crippen LogP contribution in [0.4, 0.5) is 5.82 Å². The minimum atomic E-state index is -0.853. The highest BCUT2D eigenvalue weighted by Gasteiger charge is 2.47. The van der Waals surface area contributed by atoms with Gasteiger partial charge in [-0.3, -0.25) is 14.5 Å². The Morgan fingerprint density at radius 1 is 1.03 bits per heavy atom. The highest BCUT2D eigenvalue weighted by Crippen LogP contribution is 2.41.